The largest absolute Gasteiger partial charge is 0.504 e. The van der Waals surface area contributed by atoms with Crippen molar-refractivity contribution in [1.29, 1.82) is 0 Å². The topological polar surface area (TPSA) is 87.0 Å². The van der Waals surface area contributed by atoms with E-state index in [9.17, 15) is 9.90 Å². The first-order valence-corrected chi connectivity index (χ1v) is 7.49. The molecule has 0 fully saturated rings. The van der Waals surface area contributed by atoms with Crippen LogP contribution in [0, 0.1) is 0 Å². The van der Waals surface area contributed by atoms with E-state index in [0.29, 0.717) is 11.3 Å². The predicted octanol–water partition coefficient (Wildman–Crippen LogP) is 3.11. The molecule has 24 heavy (non-hydrogen) atoms. The molecule has 0 radical (unpaired) electrons. The summed E-state index contributed by atoms with van der Waals surface area (Å²) in [6, 6.07) is 14.8. The lowest BCUT2D eigenvalue weighted by Gasteiger charge is -2.03. The smallest absolute Gasteiger partial charge is 0.328 e. The van der Waals surface area contributed by atoms with Gasteiger partial charge in [-0.1, -0.05) is 36.4 Å². The summed E-state index contributed by atoms with van der Waals surface area (Å²) in [6.07, 6.45) is 4.29. The second-order valence-corrected chi connectivity index (χ2v) is 4.92. The van der Waals surface area contributed by atoms with E-state index in [1.54, 1.807) is 12.1 Å². The van der Waals surface area contributed by atoms with Gasteiger partial charge < -0.3 is 20.1 Å². The number of aryl methyl sites for hydroxylation is 1. The Morgan fingerprint density at radius 2 is 1.88 bits per heavy atom. The highest BCUT2D eigenvalue weighted by Crippen LogP contribution is 2.26. The second-order valence-electron chi connectivity index (χ2n) is 4.92. The van der Waals surface area contributed by atoms with E-state index in [4.69, 9.17) is 14.9 Å². The molecule has 0 spiro atoms. The molecular formula is C19H22O5. The summed E-state index contributed by atoms with van der Waals surface area (Å²) in [5, 5.41) is 26.2. The second kappa shape index (κ2) is 10.9. The molecule has 0 saturated heterocycles. The van der Waals surface area contributed by atoms with Crippen molar-refractivity contribution in [2.75, 3.05) is 13.7 Å². The van der Waals surface area contributed by atoms with Gasteiger partial charge in [0.2, 0.25) is 0 Å². The van der Waals surface area contributed by atoms with Gasteiger partial charge in [-0.15, -0.1) is 0 Å². The number of methoxy groups -OCH3 is 1. The van der Waals surface area contributed by atoms with Crippen LogP contribution in [-0.2, 0) is 11.2 Å². The van der Waals surface area contributed by atoms with E-state index in [2.05, 4.69) is 12.1 Å². The summed E-state index contributed by atoms with van der Waals surface area (Å²) in [6.45, 7) is 0.287. The quantitative estimate of drug-likeness (QED) is 0.709. The number of ether oxygens (including phenoxy) is 1. The molecule has 0 amide bonds. The molecule has 0 saturated carbocycles. The summed E-state index contributed by atoms with van der Waals surface area (Å²) in [5.41, 5.74) is 1.96. The zero-order chi connectivity index (χ0) is 17.8. The fraction of sp³-hybridized carbons (Fsp3) is 0.211. The molecule has 0 atom stereocenters. The number of phenolic OH excluding ortho intramolecular Hbond substituents is 1. The molecule has 0 unspecified atom stereocenters. The van der Waals surface area contributed by atoms with Crippen molar-refractivity contribution in [2.45, 2.75) is 12.8 Å². The fourth-order valence-corrected chi connectivity index (χ4v) is 1.89. The molecule has 3 N–H and O–H groups in total. The molecular weight excluding hydrogens is 308 g/mol. The van der Waals surface area contributed by atoms with Crippen molar-refractivity contribution >= 4 is 12.0 Å². The van der Waals surface area contributed by atoms with E-state index >= 15 is 0 Å². The number of aromatic hydroxyl groups is 1. The van der Waals surface area contributed by atoms with Crippen molar-refractivity contribution in [3.63, 3.8) is 0 Å². The Morgan fingerprint density at radius 1 is 1.17 bits per heavy atom. The number of hydrogen-bond donors (Lipinski definition) is 3. The lowest BCUT2D eigenvalue weighted by Crippen LogP contribution is -1.87. The normalized spacial score (nSPS) is 10.1. The van der Waals surface area contributed by atoms with Gasteiger partial charge >= 0.3 is 5.97 Å². The van der Waals surface area contributed by atoms with E-state index in [-0.39, 0.29) is 12.4 Å². The number of carboxylic acids is 1. The van der Waals surface area contributed by atoms with Gasteiger partial charge in [0.25, 0.3) is 0 Å². The first kappa shape index (κ1) is 19.3. The number of benzene rings is 2. The predicted molar refractivity (Wildman–Crippen MR) is 93.2 cm³/mol. The Kier molecular flexibility index (Phi) is 8.71. The highest BCUT2D eigenvalue weighted by Gasteiger charge is 2.00. The number of hydrogen-bond acceptors (Lipinski definition) is 4. The molecule has 128 valence electrons. The summed E-state index contributed by atoms with van der Waals surface area (Å²) in [7, 11) is 1.43. The molecule has 0 aromatic heterocycles. The van der Waals surface area contributed by atoms with Crippen molar-refractivity contribution in [3.05, 3.63) is 65.7 Å². The Labute approximate surface area is 141 Å². The maximum absolute atomic E-state index is 10.2. The third kappa shape index (κ3) is 7.47. The molecule has 0 heterocycles. The average molecular weight is 330 g/mol. The van der Waals surface area contributed by atoms with Crippen molar-refractivity contribution < 1.29 is 24.9 Å². The highest BCUT2D eigenvalue weighted by atomic mass is 16.5. The number of rotatable bonds is 6. The average Bonchev–Trinajstić information content (AvgIpc) is 2.60. The zero-order valence-corrected chi connectivity index (χ0v) is 13.6. The number of aliphatic hydroxyl groups excluding tert-OH is 1. The summed E-state index contributed by atoms with van der Waals surface area (Å²) >= 11 is 0. The Hall–Kier alpha value is -2.79. The van der Waals surface area contributed by atoms with Crippen LogP contribution in [0.25, 0.3) is 6.08 Å². The van der Waals surface area contributed by atoms with Crippen LogP contribution in [0.5, 0.6) is 11.5 Å². The van der Waals surface area contributed by atoms with Crippen LogP contribution >= 0.6 is 0 Å². The molecule has 5 heteroatoms. The minimum absolute atomic E-state index is 0.0278. The Morgan fingerprint density at radius 3 is 2.46 bits per heavy atom. The summed E-state index contributed by atoms with van der Waals surface area (Å²) < 4.78 is 4.86. The fourth-order valence-electron chi connectivity index (χ4n) is 1.89. The van der Waals surface area contributed by atoms with Gasteiger partial charge in [-0.05, 0) is 42.2 Å². The Balaban J connectivity index is 0.000000254. The van der Waals surface area contributed by atoms with Crippen LogP contribution in [0.1, 0.15) is 17.5 Å². The van der Waals surface area contributed by atoms with E-state index in [1.807, 2.05) is 18.2 Å². The van der Waals surface area contributed by atoms with Crippen LogP contribution in [0.3, 0.4) is 0 Å². The van der Waals surface area contributed by atoms with Gasteiger partial charge in [0, 0.05) is 12.7 Å². The molecule has 0 bridgehead atoms. The van der Waals surface area contributed by atoms with Crippen LogP contribution in [-0.4, -0.2) is 35.0 Å². The van der Waals surface area contributed by atoms with Crippen molar-refractivity contribution in [1.82, 2.24) is 0 Å². The van der Waals surface area contributed by atoms with E-state index in [0.717, 1.165) is 18.9 Å². The molecule has 0 aliphatic heterocycles. The first-order chi connectivity index (χ1) is 11.6. The third-order valence-electron chi connectivity index (χ3n) is 3.09. The molecule has 0 aliphatic carbocycles. The summed E-state index contributed by atoms with van der Waals surface area (Å²) in [5.74, 6) is -0.672. The Bertz CT molecular complexity index is 650. The number of aliphatic hydroxyl groups is 1. The van der Waals surface area contributed by atoms with E-state index < -0.39 is 5.97 Å². The molecule has 5 nitrogen and oxygen atoms in total. The molecule has 0 aliphatic rings. The molecule has 2 rings (SSSR count). The zero-order valence-electron chi connectivity index (χ0n) is 13.6. The minimum Gasteiger partial charge on any atom is -0.504 e. The van der Waals surface area contributed by atoms with Crippen LogP contribution < -0.4 is 4.74 Å². The highest BCUT2D eigenvalue weighted by molar-refractivity contribution is 5.85. The van der Waals surface area contributed by atoms with Gasteiger partial charge in [0.05, 0.1) is 7.11 Å². The van der Waals surface area contributed by atoms with Gasteiger partial charge in [-0.2, -0.15) is 0 Å². The number of aliphatic carboxylic acids is 1. The van der Waals surface area contributed by atoms with Gasteiger partial charge in [0.15, 0.2) is 11.5 Å². The van der Waals surface area contributed by atoms with Crippen molar-refractivity contribution in [2.24, 2.45) is 0 Å². The molecule has 2 aromatic carbocycles. The molecule has 2 aromatic rings. The van der Waals surface area contributed by atoms with Gasteiger partial charge in [0.1, 0.15) is 0 Å². The third-order valence-corrected chi connectivity index (χ3v) is 3.09. The lowest BCUT2D eigenvalue weighted by molar-refractivity contribution is -0.131. The maximum atomic E-state index is 10.2. The van der Waals surface area contributed by atoms with Gasteiger partial charge in [-0.3, -0.25) is 0 Å². The number of carbonyl (C=O) groups is 1. The van der Waals surface area contributed by atoms with Crippen LogP contribution in [0.15, 0.2) is 54.6 Å². The lowest BCUT2D eigenvalue weighted by atomic mass is 10.1. The first-order valence-electron chi connectivity index (χ1n) is 7.49. The minimum atomic E-state index is -1.02. The van der Waals surface area contributed by atoms with Crippen LogP contribution in [0.4, 0.5) is 0 Å². The standard InChI is InChI=1S/C10H10O4.C9H12O/c1-14-9-6-7(2-4-8(9)11)3-5-10(12)13;10-8-4-7-9-5-2-1-3-6-9/h2-6,11H,1H3,(H,12,13);1-3,5-6,10H,4,7-8H2/b5-3+;. The number of phenols is 1. The van der Waals surface area contributed by atoms with E-state index in [1.165, 1.54) is 24.8 Å². The van der Waals surface area contributed by atoms with Gasteiger partial charge in [-0.25, -0.2) is 4.79 Å². The van der Waals surface area contributed by atoms with Crippen molar-refractivity contribution in [3.8, 4) is 11.5 Å². The number of carboxylic acid groups (broad SMARTS) is 1. The van der Waals surface area contributed by atoms with Crippen LogP contribution in [0.2, 0.25) is 0 Å². The summed E-state index contributed by atoms with van der Waals surface area (Å²) in [4.78, 5) is 10.2. The monoisotopic (exact) mass is 330 g/mol. The maximum Gasteiger partial charge on any atom is 0.328 e. The SMILES string of the molecule is COc1cc(/C=C/C(=O)O)ccc1O.OCCCc1ccccc1.